The molecule has 2 aromatic heterocycles. The molecule has 32 heavy (non-hydrogen) atoms. The minimum atomic E-state index is -3.11. The molecule has 0 spiro atoms. The van der Waals surface area contributed by atoms with Crippen LogP contribution < -0.4 is 10.3 Å². The Morgan fingerprint density at radius 2 is 2.00 bits per heavy atom. The maximum absolute atomic E-state index is 14.6. The molecule has 3 aromatic rings. The number of nitrogen functional groups attached to an aromatic ring is 1. The van der Waals surface area contributed by atoms with Crippen molar-refractivity contribution in [2.24, 2.45) is 0 Å². The van der Waals surface area contributed by atoms with E-state index in [4.69, 9.17) is 24.0 Å². The third-order valence-corrected chi connectivity index (χ3v) is 5.78. The van der Waals surface area contributed by atoms with Crippen LogP contribution in [0.25, 0.3) is 11.2 Å². The Bertz CT molecular complexity index is 1070. The summed E-state index contributed by atoms with van der Waals surface area (Å²) < 4.78 is 71.9. The SMILES string of the molecule is FCF.Nc1ncnc2c1ncn2C1CC(F)(F)C(COP2OCc3ccccc3O2)O1. The van der Waals surface area contributed by atoms with Crippen molar-refractivity contribution in [1.29, 1.82) is 0 Å². The second kappa shape index (κ2) is 9.49. The third kappa shape index (κ3) is 4.60. The van der Waals surface area contributed by atoms with E-state index in [0.29, 0.717) is 23.5 Å². The van der Waals surface area contributed by atoms with Crippen molar-refractivity contribution in [3.8, 4) is 5.75 Å². The van der Waals surface area contributed by atoms with Gasteiger partial charge in [-0.25, -0.2) is 32.5 Å². The molecule has 0 radical (unpaired) electrons. The number of aromatic nitrogens is 4. The Labute approximate surface area is 180 Å². The number of imidazole rings is 1. The summed E-state index contributed by atoms with van der Waals surface area (Å²) in [6.45, 7) is -1.82. The smallest absolute Gasteiger partial charge is 0.397 e. The Morgan fingerprint density at radius 3 is 2.81 bits per heavy atom. The molecule has 3 unspecified atom stereocenters. The zero-order valence-corrected chi connectivity index (χ0v) is 17.3. The lowest BCUT2D eigenvalue weighted by molar-refractivity contribution is -0.0986. The van der Waals surface area contributed by atoms with Crippen LogP contribution in [0.3, 0.4) is 0 Å². The first-order chi connectivity index (χ1) is 15.4. The molecule has 0 aliphatic carbocycles. The lowest BCUT2D eigenvalue weighted by Gasteiger charge is -2.25. The van der Waals surface area contributed by atoms with Gasteiger partial charge in [-0.1, -0.05) is 18.2 Å². The highest BCUT2D eigenvalue weighted by atomic mass is 31.2. The molecule has 9 nitrogen and oxygen atoms in total. The van der Waals surface area contributed by atoms with Gasteiger partial charge < -0.3 is 15.0 Å². The summed E-state index contributed by atoms with van der Waals surface area (Å²) in [5.74, 6) is -2.31. The maximum Gasteiger partial charge on any atom is 0.397 e. The Morgan fingerprint density at radius 1 is 1.22 bits per heavy atom. The lowest BCUT2D eigenvalue weighted by Crippen LogP contribution is -2.32. The van der Waals surface area contributed by atoms with E-state index in [1.165, 1.54) is 17.2 Å². The largest absolute Gasteiger partial charge is 0.426 e. The molecule has 1 aromatic carbocycles. The fraction of sp³-hybridized carbons (Fsp3) is 0.389. The molecule has 3 atom stereocenters. The van der Waals surface area contributed by atoms with Crippen molar-refractivity contribution in [3.63, 3.8) is 0 Å². The van der Waals surface area contributed by atoms with Crippen LogP contribution in [0.1, 0.15) is 18.2 Å². The summed E-state index contributed by atoms with van der Waals surface area (Å²) in [7, 11) is -1.78. The second-order valence-corrected chi connectivity index (χ2v) is 7.87. The number of alkyl halides is 4. The number of fused-ring (bicyclic) bond motifs is 2. The van der Waals surface area contributed by atoms with E-state index >= 15 is 0 Å². The lowest BCUT2D eigenvalue weighted by atomic mass is 10.2. The highest BCUT2D eigenvalue weighted by Crippen LogP contribution is 2.49. The molecule has 5 rings (SSSR count). The number of nitrogens with zero attached hydrogens (tertiary/aromatic N) is 4. The van der Waals surface area contributed by atoms with Crippen LogP contribution in [0.5, 0.6) is 5.75 Å². The molecule has 2 N–H and O–H groups in total. The number of para-hydroxylation sites is 1. The van der Waals surface area contributed by atoms with Gasteiger partial charge in [0.1, 0.15) is 29.9 Å². The third-order valence-electron chi connectivity index (χ3n) is 4.74. The predicted octanol–water partition coefficient (Wildman–Crippen LogP) is 4.07. The molecule has 2 aliphatic heterocycles. The number of hydrogen-bond donors (Lipinski definition) is 1. The summed E-state index contributed by atoms with van der Waals surface area (Å²) in [5, 5.41) is 0. The Hall–Kier alpha value is -2.60. The summed E-state index contributed by atoms with van der Waals surface area (Å²) in [4.78, 5) is 12.0. The average molecular weight is 475 g/mol. The summed E-state index contributed by atoms with van der Waals surface area (Å²) >= 11 is 0. The summed E-state index contributed by atoms with van der Waals surface area (Å²) in [6, 6.07) is 7.34. The predicted molar refractivity (Wildman–Crippen MR) is 105 cm³/mol. The molecule has 4 heterocycles. The van der Waals surface area contributed by atoms with Gasteiger partial charge in [-0.3, -0.25) is 13.6 Å². The average Bonchev–Trinajstić information content (AvgIpc) is 3.34. The van der Waals surface area contributed by atoms with Crippen molar-refractivity contribution < 1.29 is 35.9 Å². The molecule has 2 aliphatic rings. The van der Waals surface area contributed by atoms with E-state index < -0.39 is 40.2 Å². The van der Waals surface area contributed by atoms with E-state index in [1.807, 2.05) is 18.2 Å². The molecular weight excluding hydrogens is 457 g/mol. The Kier molecular flexibility index (Phi) is 6.70. The quantitative estimate of drug-likeness (QED) is 0.445. The van der Waals surface area contributed by atoms with Gasteiger partial charge in [-0.2, -0.15) is 0 Å². The van der Waals surface area contributed by atoms with Gasteiger partial charge in [0.05, 0.1) is 26.0 Å². The van der Waals surface area contributed by atoms with Gasteiger partial charge in [-0.15, -0.1) is 0 Å². The van der Waals surface area contributed by atoms with Gasteiger partial charge in [0.15, 0.2) is 11.5 Å². The van der Waals surface area contributed by atoms with Crippen molar-refractivity contribution in [2.45, 2.75) is 31.3 Å². The molecule has 1 saturated heterocycles. The number of halogens is 4. The van der Waals surface area contributed by atoms with E-state index in [0.717, 1.165) is 5.56 Å². The van der Waals surface area contributed by atoms with Gasteiger partial charge >= 0.3 is 8.60 Å². The number of rotatable bonds is 4. The van der Waals surface area contributed by atoms with Gasteiger partial charge in [0.25, 0.3) is 5.92 Å². The molecule has 14 heteroatoms. The number of anilines is 1. The van der Waals surface area contributed by atoms with Gasteiger partial charge in [-0.05, 0) is 6.07 Å². The van der Waals surface area contributed by atoms with Crippen molar-refractivity contribution >= 4 is 25.6 Å². The first-order valence-corrected chi connectivity index (χ1v) is 10.4. The van der Waals surface area contributed by atoms with Crippen LogP contribution in [0.4, 0.5) is 23.4 Å². The molecule has 0 saturated carbocycles. The minimum absolute atomic E-state index is 0.174. The Balaban J connectivity index is 0.000000775. The first kappa shape index (κ1) is 22.6. The first-order valence-electron chi connectivity index (χ1n) is 9.33. The zero-order chi connectivity index (χ0) is 22.7. The highest BCUT2D eigenvalue weighted by Gasteiger charge is 2.51. The molecule has 172 valence electrons. The van der Waals surface area contributed by atoms with Gasteiger partial charge in [0.2, 0.25) is 6.93 Å². The van der Waals surface area contributed by atoms with Crippen LogP contribution in [-0.4, -0.2) is 45.1 Å². The van der Waals surface area contributed by atoms with Crippen LogP contribution in [0.15, 0.2) is 36.9 Å². The highest BCUT2D eigenvalue weighted by molar-refractivity contribution is 7.42. The number of ether oxygens (including phenoxy) is 1. The van der Waals surface area contributed by atoms with E-state index in [-0.39, 0.29) is 12.4 Å². The standard InChI is InChI=1S/C17H16F2N5O4P.CH2F2/c18-17(19)5-13(24-9-23-14-15(20)21-8-22-16(14)24)27-12(17)7-26-29-25-6-10-3-1-2-4-11(10)28-29;2-1-3/h1-4,8-9,12-13H,5-7H2,(H2,20,21,22);1H2. The van der Waals surface area contributed by atoms with Crippen LogP contribution in [0.2, 0.25) is 0 Å². The van der Waals surface area contributed by atoms with E-state index in [1.54, 1.807) is 6.07 Å². The summed E-state index contributed by atoms with van der Waals surface area (Å²) in [5.41, 5.74) is 7.30. The van der Waals surface area contributed by atoms with E-state index in [9.17, 15) is 17.6 Å². The fourth-order valence-electron chi connectivity index (χ4n) is 3.24. The van der Waals surface area contributed by atoms with Gasteiger partial charge in [0, 0.05) is 5.56 Å². The molecular formula is C18H18F4N5O4P. The van der Waals surface area contributed by atoms with Crippen molar-refractivity contribution in [2.75, 3.05) is 19.3 Å². The van der Waals surface area contributed by atoms with E-state index in [2.05, 4.69) is 15.0 Å². The van der Waals surface area contributed by atoms with Crippen molar-refractivity contribution in [1.82, 2.24) is 19.5 Å². The van der Waals surface area contributed by atoms with Crippen LogP contribution >= 0.6 is 8.60 Å². The number of nitrogens with two attached hydrogens (primary N) is 1. The molecule has 0 amide bonds. The monoisotopic (exact) mass is 475 g/mol. The van der Waals surface area contributed by atoms with Crippen LogP contribution in [-0.2, 0) is 20.4 Å². The van der Waals surface area contributed by atoms with Crippen LogP contribution in [0, 0.1) is 0 Å². The fourth-order valence-corrected chi connectivity index (χ4v) is 4.26. The number of benzene rings is 1. The summed E-state index contributed by atoms with van der Waals surface area (Å²) in [6.07, 6.45) is -0.343. The molecule has 0 bridgehead atoms. The minimum Gasteiger partial charge on any atom is -0.426 e. The maximum atomic E-state index is 14.6. The zero-order valence-electron chi connectivity index (χ0n) is 16.4. The second-order valence-electron chi connectivity index (χ2n) is 6.72. The van der Waals surface area contributed by atoms with Crippen molar-refractivity contribution in [3.05, 3.63) is 42.5 Å². The molecule has 1 fully saturated rings. The normalized spacial score (nSPS) is 23.8. The number of hydrogen-bond acceptors (Lipinski definition) is 8. The topological polar surface area (TPSA) is 107 Å².